The summed E-state index contributed by atoms with van der Waals surface area (Å²) >= 11 is 0. The first kappa shape index (κ1) is 20.8. The number of carboxylic acid groups (broad SMARTS) is 1. The van der Waals surface area contributed by atoms with Gasteiger partial charge in [0.1, 0.15) is 11.5 Å². The monoisotopic (exact) mass is 416 g/mol. The van der Waals surface area contributed by atoms with Gasteiger partial charge in [-0.05, 0) is 54.3 Å². The van der Waals surface area contributed by atoms with Gasteiger partial charge in [0.25, 0.3) is 0 Å². The van der Waals surface area contributed by atoms with Crippen LogP contribution in [0.3, 0.4) is 0 Å². The van der Waals surface area contributed by atoms with Gasteiger partial charge in [-0.15, -0.1) is 0 Å². The summed E-state index contributed by atoms with van der Waals surface area (Å²) < 4.78 is 15.4. The molecule has 0 unspecified atom stereocenters. The second-order valence-electron chi connectivity index (χ2n) is 7.90. The second kappa shape index (κ2) is 8.74. The van der Waals surface area contributed by atoms with Crippen LogP contribution in [0.2, 0.25) is 0 Å². The molecule has 4 rings (SSSR count). The lowest BCUT2D eigenvalue weighted by atomic mass is 10.1. The van der Waals surface area contributed by atoms with Gasteiger partial charge >= 0.3 is 5.97 Å². The smallest absolute Gasteiger partial charge is 0.352 e. The summed E-state index contributed by atoms with van der Waals surface area (Å²) in [6.07, 6.45) is 0. The molecule has 0 fully saturated rings. The molecule has 0 saturated carbocycles. The molecule has 0 bridgehead atoms. The van der Waals surface area contributed by atoms with E-state index < -0.39 is 5.97 Å². The topological polar surface area (TPSA) is 54.3 Å². The number of nitrogens with zero attached hydrogens (tertiary/aromatic N) is 1. The van der Waals surface area contributed by atoms with Gasteiger partial charge in [-0.2, -0.15) is 0 Å². The van der Waals surface area contributed by atoms with Gasteiger partial charge < -0.3 is 15.0 Å². The summed E-state index contributed by atoms with van der Waals surface area (Å²) in [4.78, 5) is 12.4. The Morgan fingerprint density at radius 2 is 1.81 bits per heavy atom. The van der Waals surface area contributed by atoms with E-state index in [-0.39, 0.29) is 11.5 Å². The van der Waals surface area contributed by atoms with Crippen LogP contribution in [0.25, 0.3) is 10.9 Å². The lowest BCUT2D eigenvalue weighted by Crippen LogP contribution is -2.17. The minimum Gasteiger partial charge on any atom is -0.477 e. The number of aryl methyl sites for hydroxylation is 2. The Kier molecular flexibility index (Phi) is 5.87. The predicted octanol–water partition coefficient (Wildman–Crippen LogP) is 5.43. The van der Waals surface area contributed by atoms with Crippen LogP contribution in [-0.2, 0) is 19.6 Å². The minimum atomic E-state index is -0.954. The first-order valence-corrected chi connectivity index (χ1v) is 10.3. The molecule has 5 heteroatoms. The van der Waals surface area contributed by atoms with Crippen molar-refractivity contribution in [1.82, 2.24) is 9.88 Å². The number of nitrogens with one attached hydrogen (secondary N) is 1. The van der Waals surface area contributed by atoms with Crippen molar-refractivity contribution in [2.45, 2.75) is 33.5 Å². The number of aromatic carboxylic acids is 1. The molecule has 4 nitrogen and oxygen atoms in total. The number of halogens is 1. The van der Waals surface area contributed by atoms with Gasteiger partial charge in [0.15, 0.2) is 0 Å². The first-order chi connectivity index (χ1) is 14.9. The maximum Gasteiger partial charge on any atom is 0.352 e. The van der Waals surface area contributed by atoms with Crippen LogP contribution >= 0.6 is 0 Å². The summed E-state index contributed by atoms with van der Waals surface area (Å²) in [5.41, 5.74) is 6.04. The molecule has 31 heavy (non-hydrogen) atoms. The van der Waals surface area contributed by atoms with Crippen LogP contribution in [0.15, 0.2) is 66.7 Å². The third kappa shape index (κ3) is 4.37. The highest BCUT2D eigenvalue weighted by molar-refractivity contribution is 5.98. The van der Waals surface area contributed by atoms with Crippen molar-refractivity contribution < 1.29 is 14.3 Å². The SMILES string of the molecule is Cc1ccc2c(CNCc3cccc(F)c3)c(C(=O)O)n(Cc3ccccc3C)c2c1. The fraction of sp³-hybridized carbons (Fsp3) is 0.192. The molecule has 0 atom stereocenters. The number of hydrogen-bond donors (Lipinski definition) is 2. The molecule has 2 N–H and O–H groups in total. The number of benzene rings is 3. The van der Waals surface area contributed by atoms with Crippen molar-refractivity contribution in [2.24, 2.45) is 0 Å². The average Bonchev–Trinajstić information content (AvgIpc) is 3.02. The van der Waals surface area contributed by atoms with Crippen LogP contribution in [0.4, 0.5) is 4.39 Å². The van der Waals surface area contributed by atoms with Crippen molar-refractivity contribution in [2.75, 3.05) is 0 Å². The number of fused-ring (bicyclic) bond motifs is 1. The Morgan fingerprint density at radius 3 is 2.55 bits per heavy atom. The van der Waals surface area contributed by atoms with E-state index in [1.54, 1.807) is 6.07 Å². The van der Waals surface area contributed by atoms with Gasteiger partial charge in [0.05, 0.1) is 0 Å². The highest BCUT2D eigenvalue weighted by Gasteiger charge is 2.22. The molecular weight excluding hydrogens is 391 g/mol. The maximum atomic E-state index is 13.5. The molecule has 0 aliphatic rings. The molecule has 0 amide bonds. The van der Waals surface area contributed by atoms with Gasteiger partial charge in [-0.3, -0.25) is 0 Å². The van der Waals surface area contributed by atoms with E-state index in [1.807, 2.05) is 66.9 Å². The lowest BCUT2D eigenvalue weighted by Gasteiger charge is -2.12. The van der Waals surface area contributed by atoms with Gasteiger partial charge in [0, 0.05) is 36.1 Å². The molecule has 158 valence electrons. The number of carbonyl (C=O) groups is 1. The zero-order valence-electron chi connectivity index (χ0n) is 17.7. The summed E-state index contributed by atoms with van der Waals surface area (Å²) in [5, 5.41) is 14.3. The zero-order valence-corrected chi connectivity index (χ0v) is 17.7. The molecular formula is C26H25FN2O2. The summed E-state index contributed by atoms with van der Waals surface area (Å²) in [5.74, 6) is -1.24. The molecule has 0 aliphatic carbocycles. The molecule has 0 saturated heterocycles. The van der Waals surface area contributed by atoms with E-state index in [2.05, 4.69) is 5.32 Å². The third-order valence-corrected chi connectivity index (χ3v) is 5.64. The minimum absolute atomic E-state index is 0.282. The van der Waals surface area contributed by atoms with Crippen LogP contribution in [-0.4, -0.2) is 15.6 Å². The van der Waals surface area contributed by atoms with Crippen molar-refractivity contribution in [3.63, 3.8) is 0 Å². The molecule has 0 radical (unpaired) electrons. The Balaban J connectivity index is 1.74. The van der Waals surface area contributed by atoms with E-state index in [0.717, 1.165) is 38.7 Å². The van der Waals surface area contributed by atoms with Gasteiger partial charge in [-0.1, -0.05) is 48.5 Å². The maximum absolute atomic E-state index is 13.5. The third-order valence-electron chi connectivity index (χ3n) is 5.64. The number of carboxylic acids is 1. The lowest BCUT2D eigenvalue weighted by molar-refractivity contribution is 0.0684. The van der Waals surface area contributed by atoms with Crippen molar-refractivity contribution in [1.29, 1.82) is 0 Å². The van der Waals surface area contributed by atoms with E-state index >= 15 is 0 Å². The zero-order chi connectivity index (χ0) is 22.0. The summed E-state index contributed by atoms with van der Waals surface area (Å²) in [6.45, 7) is 5.35. The summed E-state index contributed by atoms with van der Waals surface area (Å²) in [7, 11) is 0. The van der Waals surface area contributed by atoms with Crippen molar-refractivity contribution >= 4 is 16.9 Å². The molecule has 0 spiro atoms. The molecule has 1 heterocycles. The number of aromatic nitrogens is 1. The van der Waals surface area contributed by atoms with Crippen molar-refractivity contribution in [3.05, 3.63) is 106 Å². The standard InChI is InChI=1S/C26H25FN2O2/c1-17-10-11-22-23(15-28-14-19-7-5-9-21(27)13-19)25(26(30)31)29(24(22)12-17)16-20-8-4-3-6-18(20)2/h3-13,28H,14-16H2,1-2H3,(H,30,31). The normalized spacial score (nSPS) is 11.2. The molecule has 3 aromatic carbocycles. The quantitative estimate of drug-likeness (QED) is 0.422. The Hall–Kier alpha value is -3.44. The largest absolute Gasteiger partial charge is 0.477 e. The number of rotatable bonds is 7. The highest BCUT2D eigenvalue weighted by atomic mass is 19.1. The van der Waals surface area contributed by atoms with Crippen LogP contribution in [0.5, 0.6) is 0 Å². The van der Waals surface area contributed by atoms with Crippen LogP contribution in [0.1, 0.15) is 38.3 Å². The highest BCUT2D eigenvalue weighted by Crippen LogP contribution is 2.29. The van der Waals surface area contributed by atoms with E-state index in [0.29, 0.717) is 19.6 Å². The van der Waals surface area contributed by atoms with Gasteiger partial charge in [-0.25, -0.2) is 9.18 Å². The first-order valence-electron chi connectivity index (χ1n) is 10.3. The van der Waals surface area contributed by atoms with E-state index in [4.69, 9.17) is 0 Å². The predicted molar refractivity (Wildman–Crippen MR) is 121 cm³/mol. The van der Waals surface area contributed by atoms with Crippen molar-refractivity contribution in [3.8, 4) is 0 Å². The molecule has 1 aromatic heterocycles. The average molecular weight is 416 g/mol. The fourth-order valence-electron chi connectivity index (χ4n) is 4.06. The van der Waals surface area contributed by atoms with E-state index in [1.165, 1.54) is 12.1 Å². The van der Waals surface area contributed by atoms with Crippen LogP contribution < -0.4 is 5.32 Å². The van der Waals surface area contributed by atoms with Crippen LogP contribution in [0, 0.1) is 19.7 Å². The Bertz CT molecular complexity index is 1260. The second-order valence-corrected chi connectivity index (χ2v) is 7.90. The van der Waals surface area contributed by atoms with Gasteiger partial charge in [0.2, 0.25) is 0 Å². The molecule has 4 aromatic rings. The Morgan fingerprint density at radius 1 is 1.00 bits per heavy atom. The van der Waals surface area contributed by atoms with E-state index in [9.17, 15) is 14.3 Å². The summed E-state index contributed by atoms with van der Waals surface area (Å²) in [6, 6.07) is 20.5. The molecule has 0 aliphatic heterocycles. The Labute approximate surface area is 181 Å². The number of hydrogen-bond acceptors (Lipinski definition) is 2. The fourth-order valence-corrected chi connectivity index (χ4v) is 4.06.